The van der Waals surface area contributed by atoms with E-state index in [1.165, 1.54) is 0 Å². The van der Waals surface area contributed by atoms with E-state index < -0.39 is 6.04 Å². The highest BCUT2D eigenvalue weighted by Gasteiger charge is 2.20. The van der Waals surface area contributed by atoms with Crippen molar-refractivity contribution in [2.45, 2.75) is 12.6 Å². The Labute approximate surface area is 152 Å². The molecule has 9 heteroatoms. The topological polar surface area (TPSA) is 87.6 Å². The van der Waals surface area contributed by atoms with E-state index in [1.54, 1.807) is 17.9 Å². The minimum absolute atomic E-state index is 0. The van der Waals surface area contributed by atoms with Gasteiger partial charge in [-0.1, -0.05) is 12.1 Å². The van der Waals surface area contributed by atoms with Gasteiger partial charge in [0.05, 0.1) is 23.8 Å². The van der Waals surface area contributed by atoms with Gasteiger partial charge in [0.15, 0.2) is 0 Å². The molecule has 1 unspecified atom stereocenters. The van der Waals surface area contributed by atoms with Crippen LogP contribution in [0.1, 0.15) is 17.4 Å². The predicted molar refractivity (Wildman–Crippen MR) is 97.4 cm³/mol. The molecule has 0 aliphatic rings. The van der Waals surface area contributed by atoms with Crippen LogP contribution in [0.15, 0.2) is 36.7 Å². The highest BCUT2D eigenvalue weighted by atomic mass is 35.5. The number of para-hydroxylation sites is 2. The van der Waals surface area contributed by atoms with Crippen molar-refractivity contribution >= 4 is 41.8 Å². The lowest BCUT2D eigenvalue weighted by atomic mass is 10.1. The maximum Gasteiger partial charge on any atom is 0.242 e. The van der Waals surface area contributed by atoms with Gasteiger partial charge in [0.25, 0.3) is 0 Å². The summed E-state index contributed by atoms with van der Waals surface area (Å²) in [5.41, 5.74) is 2.68. The number of fused-ring (bicyclic) bond motifs is 1. The van der Waals surface area contributed by atoms with Crippen LogP contribution < -0.4 is 10.6 Å². The Morgan fingerprint density at radius 3 is 2.71 bits per heavy atom. The fourth-order valence-corrected chi connectivity index (χ4v) is 2.40. The number of carbonyl (C=O) groups excluding carboxylic acids is 1. The van der Waals surface area contributed by atoms with Gasteiger partial charge in [0, 0.05) is 18.8 Å². The fourth-order valence-electron chi connectivity index (χ4n) is 2.40. The number of aromatic nitrogens is 4. The van der Waals surface area contributed by atoms with Crippen LogP contribution in [0.25, 0.3) is 11.0 Å². The molecule has 1 atom stereocenters. The van der Waals surface area contributed by atoms with Crippen LogP contribution in [-0.4, -0.2) is 32.7 Å². The number of aromatic amines is 1. The van der Waals surface area contributed by atoms with Gasteiger partial charge in [-0.3, -0.25) is 9.48 Å². The lowest BCUT2D eigenvalue weighted by molar-refractivity contribution is -0.123. The molecule has 0 bridgehead atoms. The zero-order valence-corrected chi connectivity index (χ0v) is 14.9. The van der Waals surface area contributed by atoms with Gasteiger partial charge >= 0.3 is 0 Å². The summed E-state index contributed by atoms with van der Waals surface area (Å²) in [6, 6.07) is 7.34. The molecule has 24 heavy (non-hydrogen) atoms. The number of hydrogen-bond acceptors (Lipinski definition) is 4. The molecular formula is C15H20Cl2N6O. The monoisotopic (exact) mass is 370 g/mol. The van der Waals surface area contributed by atoms with E-state index in [-0.39, 0.29) is 30.7 Å². The van der Waals surface area contributed by atoms with Crippen molar-refractivity contribution in [1.29, 1.82) is 0 Å². The smallest absolute Gasteiger partial charge is 0.242 e. The molecule has 130 valence electrons. The summed E-state index contributed by atoms with van der Waals surface area (Å²) >= 11 is 0. The number of halogens is 2. The summed E-state index contributed by atoms with van der Waals surface area (Å²) in [4.78, 5) is 19.9. The highest BCUT2D eigenvalue weighted by molar-refractivity contribution is 5.85. The molecule has 0 aliphatic heterocycles. The molecule has 2 heterocycles. The summed E-state index contributed by atoms with van der Waals surface area (Å²) in [5, 5.41) is 9.98. The molecule has 3 aromatic rings. The van der Waals surface area contributed by atoms with Gasteiger partial charge < -0.3 is 15.6 Å². The number of carbonyl (C=O) groups is 1. The number of rotatable bonds is 5. The molecule has 0 spiro atoms. The van der Waals surface area contributed by atoms with Gasteiger partial charge in [0.1, 0.15) is 11.9 Å². The molecule has 1 amide bonds. The summed E-state index contributed by atoms with van der Waals surface area (Å²) in [6.07, 6.45) is 3.50. The largest absolute Gasteiger partial charge is 0.347 e. The lowest BCUT2D eigenvalue weighted by Gasteiger charge is -2.13. The third kappa shape index (κ3) is 4.25. The van der Waals surface area contributed by atoms with Crippen molar-refractivity contribution < 1.29 is 4.79 Å². The van der Waals surface area contributed by atoms with Crippen molar-refractivity contribution in [2.24, 2.45) is 7.05 Å². The number of benzene rings is 1. The van der Waals surface area contributed by atoms with E-state index >= 15 is 0 Å². The quantitative estimate of drug-likeness (QED) is 0.637. The predicted octanol–water partition coefficient (Wildman–Crippen LogP) is 1.72. The fraction of sp³-hybridized carbons (Fsp3) is 0.267. The van der Waals surface area contributed by atoms with E-state index in [9.17, 15) is 4.79 Å². The highest BCUT2D eigenvalue weighted by Crippen LogP contribution is 2.12. The Morgan fingerprint density at radius 2 is 2.08 bits per heavy atom. The van der Waals surface area contributed by atoms with Crippen molar-refractivity contribution in [3.8, 4) is 0 Å². The second-order valence-electron chi connectivity index (χ2n) is 5.09. The first-order chi connectivity index (χ1) is 10.7. The van der Waals surface area contributed by atoms with Crippen LogP contribution in [0, 0.1) is 0 Å². The molecule has 0 fully saturated rings. The van der Waals surface area contributed by atoms with Crippen LogP contribution in [0.3, 0.4) is 0 Å². The Balaban J connectivity index is 0.00000144. The molecule has 3 N–H and O–H groups in total. The average molecular weight is 371 g/mol. The van der Waals surface area contributed by atoms with E-state index in [2.05, 4.69) is 25.7 Å². The summed E-state index contributed by atoms with van der Waals surface area (Å²) < 4.78 is 1.67. The number of nitrogens with one attached hydrogen (secondary N) is 3. The van der Waals surface area contributed by atoms with Gasteiger partial charge in [-0.05, 0) is 19.2 Å². The number of likely N-dealkylation sites (N-methyl/N-ethyl adjacent to an activating group) is 1. The first-order valence-corrected chi connectivity index (χ1v) is 7.04. The van der Waals surface area contributed by atoms with E-state index in [0.717, 1.165) is 22.4 Å². The van der Waals surface area contributed by atoms with Crippen molar-refractivity contribution in [3.63, 3.8) is 0 Å². The molecule has 0 saturated heterocycles. The number of hydrogen-bond donors (Lipinski definition) is 3. The molecule has 2 aromatic heterocycles. The standard InChI is InChI=1S/C15H18N6O.2ClH/c1-16-14(10-7-18-21(2)9-10)15(22)17-8-13-19-11-5-3-4-6-12(11)20-13;;/h3-7,9,14,16H,8H2,1-2H3,(H,17,22)(H,19,20);2*1H. The summed E-state index contributed by atoms with van der Waals surface area (Å²) in [7, 11) is 3.57. The Kier molecular flexibility index (Phi) is 7.21. The Morgan fingerprint density at radius 1 is 1.33 bits per heavy atom. The van der Waals surface area contributed by atoms with Gasteiger partial charge in [-0.2, -0.15) is 5.10 Å². The minimum atomic E-state index is -0.432. The Bertz CT molecular complexity index is 767. The lowest BCUT2D eigenvalue weighted by Crippen LogP contribution is -2.35. The maximum absolute atomic E-state index is 12.3. The van der Waals surface area contributed by atoms with Crippen LogP contribution in [0.2, 0.25) is 0 Å². The zero-order chi connectivity index (χ0) is 15.5. The molecule has 0 aliphatic carbocycles. The second kappa shape index (κ2) is 8.68. The van der Waals surface area contributed by atoms with Crippen molar-refractivity contribution in [2.75, 3.05) is 7.05 Å². The first-order valence-electron chi connectivity index (χ1n) is 7.04. The molecule has 3 rings (SSSR count). The van der Waals surface area contributed by atoms with Crippen LogP contribution in [0.4, 0.5) is 0 Å². The van der Waals surface area contributed by atoms with Gasteiger partial charge in [-0.25, -0.2) is 4.98 Å². The summed E-state index contributed by atoms with van der Waals surface area (Å²) in [6.45, 7) is 0.353. The zero-order valence-electron chi connectivity index (χ0n) is 13.3. The molecule has 7 nitrogen and oxygen atoms in total. The summed E-state index contributed by atoms with van der Waals surface area (Å²) in [5.74, 6) is 0.617. The second-order valence-corrected chi connectivity index (χ2v) is 5.09. The van der Waals surface area contributed by atoms with Crippen molar-refractivity contribution in [1.82, 2.24) is 30.4 Å². The minimum Gasteiger partial charge on any atom is -0.347 e. The third-order valence-corrected chi connectivity index (χ3v) is 3.48. The maximum atomic E-state index is 12.3. The van der Waals surface area contributed by atoms with Crippen LogP contribution in [-0.2, 0) is 18.4 Å². The molecular weight excluding hydrogens is 351 g/mol. The van der Waals surface area contributed by atoms with E-state index in [0.29, 0.717) is 6.54 Å². The first kappa shape index (κ1) is 20.0. The molecule has 0 saturated carbocycles. The average Bonchev–Trinajstić information content (AvgIpc) is 3.12. The van der Waals surface area contributed by atoms with Crippen molar-refractivity contribution in [3.05, 3.63) is 48.0 Å². The number of aryl methyl sites for hydroxylation is 1. The third-order valence-electron chi connectivity index (χ3n) is 3.48. The number of amides is 1. The van der Waals surface area contributed by atoms with E-state index in [4.69, 9.17) is 0 Å². The van der Waals surface area contributed by atoms with Gasteiger partial charge in [0.2, 0.25) is 5.91 Å². The normalized spacial score (nSPS) is 11.4. The molecule has 0 radical (unpaired) electrons. The SMILES string of the molecule is CNC(C(=O)NCc1nc2ccccc2[nH]1)c1cnn(C)c1.Cl.Cl. The van der Waals surface area contributed by atoms with Crippen LogP contribution >= 0.6 is 24.8 Å². The molecule has 1 aromatic carbocycles. The number of nitrogens with zero attached hydrogens (tertiary/aromatic N) is 3. The van der Waals surface area contributed by atoms with Crippen LogP contribution in [0.5, 0.6) is 0 Å². The number of H-pyrrole nitrogens is 1. The Hall–Kier alpha value is -2.09. The van der Waals surface area contributed by atoms with E-state index in [1.807, 2.05) is 37.5 Å². The number of imidazole rings is 1. The van der Waals surface area contributed by atoms with Gasteiger partial charge in [-0.15, -0.1) is 24.8 Å².